The van der Waals surface area contributed by atoms with Gasteiger partial charge in [0, 0.05) is 17.7 Å². The Morgan fingerprint density at radius 1 is 1.40 bits per heavy atom. The van der Waals surface area contributed by atoms with E-state index < -0.39 is 0 Å². The second kappa shape index (κ2) is 7.57. The second-order valence-corrected chi connectivity index (χ2v) is 5.21. The van der Waals surface area contributed by atoms with Gasteiger partial charge in [0.15, 0.2) is 0 Å². The largest absolute Gasteiger partial charge is 0.330 e. The molecular weight excluding hydrogens is 278 g/mol. The molecule has 0 spiro atoms. The number of halogens is 1. The Kier molecular flexibility index (Phi) is 6.39. The summed E-state index contributed by atoms with van der Waals surface area (Å²) in [4.78, 5) is 13.1. The Hall–Kier alpha value is -1.17. The van der Waals surface area contributed by atoms with E-state index >= 15 is 0 Å². The van der Waals surface area contributed by atoms with Crippen LogP contribution in [0.3, 0.4) is 0 Å². The molecule has 2 rings (SSSR count). The zero-order chi connectivity index (χ0) is 13.8. The molecule has 1 aliphatic rings. The summed E-state index contributed by atoms with van der Waals surface area (Å²) in [6.07, 6.45) is 2.17. The van der Waals surface area contributed by atoms with Crippen molar-refractivity contribution >= 4 is 18.1 Å². The van der Waals surface area contributed by atoms with E-state index in [-0.39, 0.29) is 29.1 Å². The lowest BCUT2D eigenvalue weighted by Crippen LogP contribution is -2.37. The first-order valence-electron chi connectivity index (χ1n) is 6.81. The molecule has 0 radical (unpaired) electrons. The van der Waals surface area contributed by atoms with E-state index in [0.717, 1.165) is 38.0 Å². The SMILES string of the molecule is CC(c1ccccc1[N+](=O)[O-])N1CCC(CN)CC1.Cl. The van der Waals surface area contributed by atoms with Crippen molar-refractivity contribution in [2.45, 2.75) is 25.8 Å². The molecule has 1 heterocycles. The van der Waals surface area contributed by atoms with Crippen LogP contribution < -0.4 is 5.73 Å². The lowest BCUT2D eigenvalue weighted by molar-refractivity contribution is -0.386. The van der Waals surface area contributed by atoms with Gasteiger partial charge in [0.05, 0.1) is 4.92 Å². The van der Waals surface area contributed by atoms with Crippen LogP contribution in [-0.2, 0) is 0 Å². The molecule has 1 atom stereocenters. The molecule has 1 aromatic rings. The molecule has 0 saturated carbocycles. The summed E-state index contributed by atoms with van der Waals surface area (Å²) in [6, 6.07) is 7.11. The zero-order valence-corrected chi connectivity index (χ0v) is 12.5. The number of nitrogens with two attached hydrogens (primary N) is 1. The number of rotatable bonds is 4. The van der Waals surface area contributed by atoms with Crippen LogP contribution in [0.4, 0.5) is 5.69 Å². The van der Waals surface area contributed by atoms with Gasteiger partial charge in [-0.3, -0.25) is 15.0 Å². The van der Waals surface area contributed by atoms with E-state index in [9.17, 15) is 10.1 Å². The van der Waals surface area contributed by atoms with Crippen molar-refractivity contribution in [1.29, 1.82) is 0 Å². The predicted octanol–water partition coefficient (Wildman–Crippen LogP) is 2.75. The van der Waals surface area contributed by atoms with Crippen molar-refractivity contribution < 1.29 is 4.92 Å². The molecule has 0 amide bonds. The third-order valence-electron chi connectivity index (χ3n) is 4.11. The van der Waals surface area contributed by atoms with Gasteiger partial charge >= 0.3 is 0 Å². The summed E-state index contributed by atoms with van der Waals surface area (Å²) in [5.41, 5.74) is 6.71. The van der Waals surface area contributed by atoms with Gasteiger partial charge in [-0.15, -0.1) is 12.4 Å². The molecule has 20 heavy (non-hydrogen) atoms. The molecule has 1 aliphatic heterocycles. The first kappa shape index (κ1) is 16.9. The third kappa shape index (κ3) is 3.69. The first-order chi connectivity index (χ1) is 9.13. The number of para-hydroxylation sites is 1. The van der Waals surface area contributed by atoms with Gasteiger partial charge in [0.2, 0.25) is 0 Å². The van der Waals surface area contributed by atoms with E-state index in [2.05, 4.69) is 4.90 Å². The van der Waals surface area contributed by atoms with Gasteiger partial charge in [-0.2, -0.15) is 0 Å². The maximum atomic E-state index is 11.1. The fraction of sp³-hybridized carbons (Fsp3) is 0.571. The fourth-order valence-corrected chi connectivity index (χ4v) is 2.78. The van der Waals surface area contributed by atoms with Crippen LogP contribution in [0.15, 0.2) is 24.3 Å². The van der Waals surface area contributed by atoms with E-state index in [1.54, 1.807) is 12.1 Å². The average Bonchev–Trinajstić information content (AvgIpc) is 2.46. The maximum absolute atomic E-state index is 11.1. The number of likely N-dealkylation sites (tertiary alicyclic amines) is 1. The summed E-state index contributed by atoms with van der Waals surface area (Å²) in [6.45, 7) is 4.73. The van der Waals surface area contributed by atoms with Crippen molar-refractivity contribution in [2.24, 2.45) is 11.7 Å². The molecule has 1 fully saturated rings. The quantitative estimate of drug-likeness (QED) is 0.685. The van der Waals surface area contributed by atoms with Crippen molar-refractivity contribution in [3.8, 4) is 0 Å². The number of hydrogen-bond acceptors (Lipinski definition) is 4. The Labute approximate surface area is 125 Å². The normalized spacial score (nSPS) is 18.3. The number of hydrogen-bond donors (Lipinski definition) is 1. The Bertz CT molecular complexity index is 448. The number of piperidine rings is 1. The van der Waals surface area contributed by atoms with Crippen molar-refractivity contribution in [3.05, 3.63) is 39.9 Å². The van der Waals surface area contributed by atoms with Gasteiger partial charge in [-0.05, 0) is 45.3 Å². The molecule has 1 unspecified atom stereocenters. The number of nitro groups is 1. The van der Waals surface area contributed by atoms with Gasteiger partial charge in [-0.25, -0.2) is 0 Å². The predicted molar refractivity (Wildman–Crippen MR) is 82.1 cm³/mol. The third-order valence-corrected chi connectivity index (χ3v) is 4.11. The molecule has 2 N–H and O–H groups in total. The molecule has 5 nitrogen and oxygen atoms in total. The summed E-state index contributed by atoms with van der Waals surface area (Å²) in [5, 5.41) is 11.1. The summed E-state index contributed by atoms with van der Waals surface area (Å²) in [7, 11) is 0. The fourth-order valence-electron chi connectivity index (χ4n) is 2.78. The topological polar surface area (TPSA) is 72.4 Å². The van der Waals surface area contributed by atoms with E-state index in [1.807, 2.05) is 19.1 Å². The Morgan fingerprint density at radius 2 is 2.00 bits per heavy atom. The Balaban J connectivity index is 0.00000200. The molecule has 112 valence electrons. The van der Waals surface area contributed by atoms with E-state index in [1.165, 1.54) is 0 Å². The summed E-state index contributed by atoms with van der Waals surface area (Å²) >= 11 is 0. The standard InChI is InChI=1S/C14H21N3O2.ClH/c1-11(16-8-6-12(10-15)7-9-16)13-4-2-3-5-14(13)17(18)19;/h2-5,11-12H,6-10,15H2,1H3;1H. The van der Waals surface area contributed by atoms with E-state index in [0.29, 0.717) is 5.92 Å². The highest BCUT2D eigenvalue weighted by molar-refractivity contribution is 5.85. The summed E-state index contributed by atoms with van der Waals surface area (Å²) < 4.78 is 0. The smallest absolute Gasteiger partial charge is 0.274 e. The monoisotopic (exact) mass is 299 g/mol. The lowest BCUT2D eigenvalue weighted by Gasteiger charge is -2.35. The minimum Gasteiger partial charge on any atom is -0.330 e. The van der Waals surface area contributed by atoms with Crippen molar-refractivity contribution in [2.75, 3.05) is 19.6 Å². The van der Waals surface area contributed by atoms with Crippen LogP contribution in [0, 0.1) is 16.0 Å². The van der Waals surface area contributed by atoms with Crippen LogP contribution in [0.25, 0.3) is 0 Å². The molecule has 1 aromatic carbocycles. The molecule has 0 aliphatic carbocycles. The maximum Gasteiger partial charge on any atom is 0.274 e. The zero-order valence-electron chi connectivity index (χ0n) is 11.7. The van der Waals surface area contributed by atoms with E-state index in [4.69, 9.17) is 5.73 Å². The van der Waals surface area contributed by atoms with Crippen LogP contribution >= 0.6 is 12.4 Å². The van der Waals surface area contributed by atoms with Gasteiger partial charge < -0.3 is 5.73 Å². The molecular formula is C14H22ClN3O2. The lowest BCUT2D eigenvalue weighted by atomic mass is 9.94. The van der Waals surface area contributed by atoms with Gasteiger partial charge in [0.25, 0.3) is 5.69 Å². The number of nitrogens with zero attached hydrogens (tertiary/aromatic N) is 2. The molecule has 0 aromatic heterocycles. The highest BCUT2D eigenvalue weighted by atomic mass is 35.5. The number of benzene rings is 1. The summed E-state index contributed by atoms with van der Waals surface area (Å²) in [5.74, 6) is 0.606. The molecule has 1 saturated heterocycles. The first-order valence-corrected chi connectivity index (χ1v) is 6.81. The minimum atomic E-state index is -0.293. The van der Waals surface area contributed by atoms with Crippen LogP contribution in [0.5, 0.6) is 0 Å². The van der Waals surface area contributed by atoms with Crippen LogP contribution in [0.2, 0.25) is 0 Å². The average molecular weight is 300 g/mol. The Morgan fingerprint density at radius 3 is 2.55 bits per heavy atom. The second-order valence-electron chi connectivity index (χ2n) is 5.21. The minimum absolute atomic E-state index is 0. The molecule has 6 heteroatoms. The highest BCUT2D eigenvalue weighted by Gasteiger charge is 2.26. The van der Waals surface area contributed by atoms with Crippen molar-refractivity contribution in [1.82, 2.24) is 4.90 Å². The molecule has 0 bridgehead atoms. The van der Waals surface area contributed by atoms with Gasteiger partial charge in [-0.1, -0.05) is 18.2 Å². The van der Waals surface area contributed by atoms with Crippen LogP contribution in [0.1, 0.15) is 31.4 Å². The highest BCUT2D eigenvalue weighted by Crippen LogP contribution is 2.31. The number of nitro benzene ring substituents is 1. The van der Waals surface area contributed by atoms with Crippen molar-refractivity contribution in [3.63, 3.8) is 0 Å². The van der Waals surface area contributed by atoms with Crippen LogP contribution in [-0.4, -0.2) is 29.5 Å². The van der Waals surface area contributed by atoms with Gasteiger partial charge in [0.1, 0.15) is 0 Å².